The molecule has 0 heterocycles. The van der Waals surface area contributed by atoms with Crippen LogP contribution in [0.4, 0.5) is 0 Å². The van der Waals surface area contributed by atoms with Crippen molar-refractivity contribution < 1.29 is 0 Å². The van der Waals surface area contributed by atoms with E-state index in [0.717, 1.165) is 0 Å². The van der Waals surface area contributed by atoms with Gasteiger partial charge in [-0.2, -0.15) is 0 Å². The number of hydrogen-bond donors (Lipinski definition) is 0. The van der Waals surface area contributed by atoms with Crippen LogP contribution in [0, 0.1) is 10.8 Å². The summed E-state index contributed by atoms with van der Waals surface area (Å²) in [6, 6.07) is 0. The molecule has 16 heavy (non-hydrogen) atoms. The van der Waals surface area contributed by atoms with Crippen molar-refractivity contribution in [3.05, 3.63) is 0 Å². The zero-order valence-corrected chi connectivity index (χ0v) is 13.1. The topological polar surface area (TPSA) is 3.24 Å². The maximum Gasteiger partial charge on any atom is 0.0122 e. The second kappa shape index (κ2) is 5.08. The van der Waals surface area contributed by atoms with Gasteiger partial charge in [0.05, 0.1) is 0 Å². The second-order valence-corrected chi connectivity index (χ2v) is 7.51. The fourth-order valence-corrected chi connectivity index (χ4v) is 1.83. The summed E-state index contributed by atoms with van der Waals surface area (Å²) in [7, 11) is 2.23. The lowest BCUT2D eigenvalue weighted by Gasteiger charge is -2.44. The SMILES string of the molecule is CCC(C)(CCN(C)C(C)(C)C)C(C)(C)C. The third-order valence-corrected chi connectivity index (χ3v) is 4.74. The zero-order chi connectivity index (χ0) is 13.2. The lowest BCUT2D eigenvalue weighted by molar-refractivity contribution is 0.0613. The Balaban J connectivity index is 4.49. The van der Waals surface area contributed by atoms with Crippen molar-refractivity contribution in [2.24, 2.45) is 10.8 Å². The minimum absolute atomic E-state index is 0.284. The highest BCUT2D eigenvalue weighted by molar-refractivity contribution is 4.87. The summed E-state index contributed by atoms with van der Waals surface area (Å²) in [6.45, 7) is 19.9. The van der Waals surface area contributed by atoms with Crippen molar-refractivity contribution in [3.8, 4) is 0 Å². The first-order valence-electron chi connectivity index (χ1n) is 6.65. The Kier molecular flexibility index (Phi) is 5.07. The van der Waals surface area contributed by atoms with Gasteiger partial charge in [0.25, 0.3) is 0 Å². The molecular formula is C15H33N. The molecule has 0 aromatic heterocycles. The average molecular weight is 227 g/mol. The summed E-state index contributed by atoms with van der Waals surface area (Å²) in [4.78, 5) is 2.46. The van der Waals surface area contributed by atoms with Crippen molar-refractivity contribution in [3.63, 3.8) is 0 Å². The minimum atomic E-state index is 0.284. The maximum atomic E-state index is 2.46. The summed E-state index contributed by atoms with van der Waals surface area (Å²) < 4.78 is 0. The molecule has 1 nitrogen and oxygen atoms in total. The van der Waals surface area contributed by atoms with Crippen LogP contribution in [-0.4, -0.2) is 24.0 Å². The first kappa shape index (κ1) is 16.0. The number of rotatable bonds is 4. The molecule has 0 aromatic carbocycles. The summed E-state index contributed by atoms with van der Waals surface area (Å²) in [5, 5.41) is 0. The van der Waals surface area contributed by atoms with Crippen LogP contribution in [0.2, 0.25) is 0 Å². The smallest absolute Gasteiger partial charge is 0.0122 e. The van der Waals surface area contributed by atoms with Gasteiger partial charge in [0.15, 0.2) is 0 Å². The third kappa shape index (κ3) is 4.08. The highest BCUT2D eigenvalue weighted by atomic mass is 15.2. The van der Waals surface area contributed by atoms with Crippen molar-refractivity contribution >= 4 is 0 Å². The van der Waals surface area contributed by atoms with E-state index in [0.29, 0.717) is 10.8 Å². The van der Waals surface area contributed by atoms with Gasteiger partial charge in [-0.05, 0) is 51.6 Å². The largest absolute Gasteiger partial charge is 0.301 e. The van der Waals surface area contributed by atoms with E-state index in [-0.39, 0.29) is 5.54 Å². The minimum Gasteiger partial charge on any atom is -0.301 e. The van der Waals surface area contributed by atoms with Gasteiger partial charge in [-0.25, -0.2) is 0 Å². The van der Waals surface area contributed by atoms with E-state index >= 15 is 0 Å². The molecule has 0 rings (SSSR count). The molecule has 1 unspecified atom stereocenters. The van der Waals surface area contributed by atoms with Gasteiger partial charge >= 0.3 is 0 Å². The fourth-order valence-electron chi connectivity index (χ4n) is 1.83. The van der Waals surface area contributed by atoms with Crippen LogP contribution in [0.15, 0.2) is 0 Å². The van der Waals surface area contributed by atoms with E-state index in [1.807, 2.05) is 0 Å². The Morgan fingerprint density at radius 3 is 1.56 bits per heavy atom. The fraction of sp³-hybridized carbons (Fsp3) is 1.00. The van der Waals surface area contributed by atoms with Crippen LogP contribution < -0.4 is 0 Å². The lowest BCUT2D eigenvalue weighted by atomic mass is 9.64. The molecule has 1 atom stereocenters. The number of hydrogen-bond acceptors (Lipinski definition) is 1. The standard InChI is InChI=1S/C15H33N/c1-10-15(8,13(2,3)4)11-12-16(9)14(5,6)7/h10-12H2,1-9H3. The van der Waals surface area contributed by atoms with Crippen molar-refractivity contribution in [1.29, 1.82) is 0 Å². The van der Waals surface area contributed by atoms with Crippen LogP contribution in [0.5, 0.6) is 0 Å². The third-order valence-electron chi connectivity index (χ3n) is 4.74. The highest BCUT2D eigenvalue weighted by Crippen LogP contribution is 2.44. The molecular weight excluding hydrogens is 194 g/mol. The highest BCUT2D eigenvalue weighted by Gasteiger charge is 2.35. The van der Waals surface area contributed by atoms with E-state index in [1.165, 1.54) is 19.4 Å². The molecule has 0 saturated heterocycles. The Bertz CT molecular complexity index is 206. The van der Waals surface area contributed by atoms with Crippen molar-refractivity contribution in [2.45, 2.75) is 73.8 Å². The Morgan fingerprint density at radius 1 is 0.875 bits per heavy atom. The normalized spacial score (nSPS) is 17.6. The Hall–Kier alpha value is -0.0400. The van der Waals surface area contributed by atoms with Gasteiger partial charge < -0.3 is 4.90 Å². The zero-order valence-electron chi connectivity index (χ0n) is 13.1. The van der Waals surface area contributed by atoms with Crippen molar-refractivity contribution in [1.82, 2.24) is 4.90 Å². The van der Waals surface area contributed by atoms with E-state index in [2.05, 4.69) is 67.3 Å². The van der Waals surface area contributed by atoms with Gasteiger partial charge in [0.2, 0.25) is 0 Å². The molecule has 0 aliphatic heterocycles. The Labute approximate surface area is 104 Å². The van der Waals surface area contributed by atoms with Crippen LogP contribution in [0.3, 0.4) is 0 Å². The van der Waals surface area contributed by atoms with E-state index in [1.54, 1.807) is 0 Å². The molecule has 0 aromatic rings. The maximum absolute atomic E-state index is 2.46. The second-order valence-electron chi connectivity index (χ2n) is 7.51. The van der Waals surface area contributed by atoms with Gasteiger partial charge in [-0.1, -0.05) is 41.0 Å². The molecule has 0 fully saturated rings. The van der Waals surface area contributed by atoms with Gasteiger partial charge in [0.1, 0.15) is 0 Å². The summed E-state index contributed by atoms with van der Waals surface area (Å²) in [6.07, 6.45) is 2.54. The molecule has 0 amide bonds. The molecule has 0 spiro atoms. The predicted octanol–water partition coefficient (Wildman–Crippen LogP) is 4.57. The molecule has 0 aliphatic carbocycles. The molecule has 0 aliphatic rings. The molecule has 0 bridgehead atoms. The number of nitrogens with zero attached hydrogens (tertiary/aromatic N) is 1. The van der Waals surface area contributed by atoms with Crippen LogP contribution in [-0.2, 0) is 0 Å². The molecule has 0 N–H and O–H groups in total. The molecule has 1 heteroatoms. The Morgan fingerprint density at radius 2 is 1.31 bits per heavy atom. The summed E-state index contributed by atoms with van der Waals surface area (Å²) >= 11 is 0. The first-order valence-corrected chi connectivity index (χ1v) is 6.65. The summed E-state index contributed by atoms with van der Waals surface area (Å²) in [5.41, 5.74) is 1.11. The van der Waals surface area contributed by atoms with Crippen LogP contribution in [0.1, 0.15) is 68.2 Å². The lowest BCUT2D eigenvalue weighted by Crippen LogP contribution is -2.42. The van der Waals surface area contributed by atoms with E-state index in [9.17, 15) is 0 Å². The first-order chi connectivity index (χ1) is 6.94. The summed E-state index contributed by atoms with van der Waals surface area (Å²) in [5.74, 6) is 0. The van der Waals surface area contributed by atoms with E-state index < -0.39 is 0 Å². The van der Waals surface area contributed by atoms with Crippen LogP contribution >= 0.6 is 0 Å². The molecule has 0 saturated carbocycles. The monoisotopic (exact) mass is 227 g/mol. The van der Waals surface area contributed by atoms with Gasteiger partial charge in [0, 0.05) is 5.54 Å². The average Bonchev–Trinajstić information content (AvgIpc) is 2.10. The molecule has 98 valence electrons. The molecule has 0 radical (unpaired) electrons. The van der Waals surface area contributed by atoms with Crippen molar-refractivity contribution in [2.75, 3.05) is 13.6 Å². The van der Waals surface area contributed by atoms with Gasteiger partial charge in [-0.3, -0.25) is 0 Å². The quantitative estimate of drug-likeness (QED) is 0.680. The van der Waals surface area contributed by atoms with Gasteiger partial charge in [-0.15, -0.1) is 0 Å². The van der Waals surface area contributed by atoms with Crippen LogP contribution in [0.25, 0.3) is 0 Å². The predicted molar refractivity (Wildman–Crippen MR) is 74.9 cm³/mol. The van der Waals surface area contributed by atoms with E-state index in [4.69, 9.17) is 0 Å².